The van der Waals surface area contributed by atoms with Crippen molar-refractivity contribution in [2.75, 3.05) is 13.1 Å². The van der Waals surface area contributed by atoms with Gasteiger partial charge in [0.25, 0.3) is 5.91 Å². The van der Waals surface area contributed by atoms with Crippen molar-refractivity contribution in [3.63, 3.8) is 0 Å². The van der Waals surface area contributed by atoms with E-state index < -0.39 is 11.4 Å². The van der Waals surface area contributed by atoms with Crippen LogP contribution >= 0.6 is 0 Å². The molecule has 1 saturated heterocycles. The lowest BCUT2D eigenvalue weighted by atomic mass is 9.76. The van der Waals surface area contributed by atoms with Crippen LogP contribution in [0, 0.1) is 12.3 Å². The van der Waals surface area contributed by atoms with Crippen LogP contribution in [-0.4, -0.2) is 45.2 Å². The van der Waals surface area contributed by atoms with Crippen molar-refractivity contribution in [1.82, 2.24) is 15.1 Å². The van der Waals surface area contributed by atoms with Gasteiger partial charge in [-0.2, -0.15) is 5.10 Å². The van der Waals surface area contributed by atoms with Gasteiger partial charge in [0.2, 0.25) is 0 Å². The number of hydrogen-bond donors (Lipinski definition) is 2. The van der Waals surface area contributed by atoms with E-state index in [2.05, 4.69) is 10.2 Å². The lowest BCUT2D eigenvalue weighted by Gasteiger charge is -2.39. The maximum absolute atomic E-state index is 12.5. The molecule has 1 aromatic rings. The lowest BCUT2D eigenvalue weighted by molar-refractivity contribution is -0.152. The second kappa shape index (κ2) is 5.64. The molecule has 0 aliphatic carbocycles. The molecule has 20 heavy (non-hydrogen) atoms. The predicted molar refractivity (Wildman–Crippen MR) is 73.4 cm³/mol. The average molecular weight is 279 g/mol. The quantitative estimate of drug-likeness (QED) is 0.880. The first-order chi connectivity index (χ1) is 9.50. The second-order valence-corrected chi connectivity index (χ2v) is 5.57. The fraction of sp³-hybridized carbons (Fsp3) is 0.643. The molecule has 6 nitrogen and oxygen atoms in total. The number of nitrogens with zero attached hydrogens (tertiary/aromatic N) is 2. The number of aromatic nitrogens is 2. The van der Waals surface area contributed by atoms with Gasteiger partial charge in [-0.15, -0.1) is 0 Å². The first-order valence-corrected chi connectivity index (χ1v) is 7.03. The van der Waals surface area contributed by atoms with Crippen molar-refractivity contribution >= 4 is 11.9 Å². The number of rotatable bonds is 4. The van der Waals surface area contributed by atoms with Crippen LogP contribution in [0.4, 0.5) is 0 Å². The fourth-order valence-electron chi connectivity index (χ4n) is 3.01. The van der Waals surface area contributed by atoms with E-state index in [0.717, 1.165) is 18.5 Å². The molecule has 0 bridgehead atoms. The number of aliphatic carboxylic acids is 1. The van der Waals surface area contributed by atoms with E-state index >= 15 is 0 Å². The number of nitrogens with one attached hydrogen (secondary N) is 1. The van der Waals surface area contributed by atoms with E-state index in [9.17, 15) is 14.7 Å². The summed E-state index contributed by atoms with van der Waals surface area (Å²) in [5.74, 6) is -0.918. The SMILES string of the molecule is CCCC1(C(=O)O)CCCN(C(=O)c2cn[nH]c2C)C1. The molecule has 0 spiro atoms. The summed E-state index contributed by atoms with van der Waals surface area (Å²) in [6, 6.07) is 0. The summed E-state index contributed by atoms with van der Waals surface area (Å²) < 4.78 is 0. The molecule has 1 fully saturated rings. The predicted octanol–water partition coefficient (Wildman–Crippen LogP) is 1.83. The number of likely N-dealkylation sites (tertiary alicyclic amines) is 1. The fourth-order valence-corrected chi connectivity index (χ4v) is 3.01. The highest BCUT2D eigenvalue weighted by atomic mass is 16.4. The molecule has 2 N–H and O–H groups in total. The minimum atomic E-state index is -0.791. The molecule has 1 atom stereocenters. The topological polar surface area (TPSA) is 86.3 Å². The van der Waals surface area contributed by atoms with Crippen LogP contribution in [0.15, 0.2) is 6.20 Å². The zero-order chi connectivity index (χ0) is 14.8. The summed E-state index contributed by atoms with van der Waals surface area (Å²) in [6.07, 6.45) is 4.29. The maximum Gasteiger partial charge on any atom is 0.311 e. The third-order valence-electron chi connectivity index (χ3n) is 4.11. The number of carboxylic acid groups (broad SMARTS) is 1. The van der Waals surface area contributed by atoms with E-state index in [1.54, 1.807) is 11.8 Å². The van der Waals surface area contributed by atoms with Crippen LogP contribution in [0.3, 0.4) is 0 Å². The van der Waals surface area contributed by atoms with E-state index in [1.807, 2.05) is 6.92 Å². The van der Waals surface area contributed by atoms with Crippen LogP contribution in [0.5, 0.6) is 0 Å². The highest BCUT2D eigenvalue weighted by Gasteiger charge is 2.43. The summed E-state index contributed by atoms with van der Waals surface area (Å²) in [5, 5.41) is 16.1. The normalized spacial score (nSPS) is 22.8. The summed E-state index contributed by atoms with van der Waals surface area (Å²) in [6.45, 7) is 4.67. The number of carbonyl (C=O) groups excluding carboxylic acids is 1. The molecule has 0 radical (unpaired) electrons. The van der Waals surface area contributed by atoms with Gasteiger partial charge in [-0.1, -0.05) is 13.3 Å². The molecule has 0 saturated carbocycles. The molecular weight excluding hydrogens is 258 g/mol. The number of aryl methyl sites for hydroxylation is 1. The minimum Gasteiger partial charge on any atom is -0.481 e. The molecule has 1 unspecified atom stereocenters. The molecule has 2 heterocycles. The number of carboxylic acids is 1. The van der Waals surface area contributed by atoms with Crippen LogP contribution in [-0.2, 0) is 4.79 Å². The maximum atomic E-state index is 12.5. The van der Waals surface area contributed by atoms with Gasteiger partial charge in [-0.25, -0.2) is 0 Å². The molecule has 6 heteroatoms. The largest absolute Gasteiger partial charge is 0.481 e. The number of piperidine rings is 1. The third-order valence-corrected chi connectivity index (χ3v) is 4.11. The van der Waals surface area contributed by atoms with Gasteiger partial charge in [0.05, 0.1) is 17.2 Å². The molecule has 110 valence electrons. The van der Waals surface area contributed by atoms with Gasteiger partial charge in [-0.05, 0) is 26.2 Å². The van der Waals surface area contributed by atoms with Gasteiger partial charge in [0.1, 0.15) is 0 Å². The molecule has 0 aromatic carbocycles. The minimum absolute atomic E-state index is 0.127. The third kappa shape index (κ3) is 2.55. The van der Waals surface area contributed by atoms with Gasteiger partial charge < -0.3 is 10.0 Å². The van der Waals surface area contributed by atoms with E-state index in [1.165, 1.54) is 6.20 Å². The standard InChI is InChI=1S/C14H21N3O3/c1-3-5-14(13(19)20)6-4-7-17(9-14)12(18)11-8-15-16-10(11)2/h8H,3-7,9H2,1-2H3,(H,15,16)(H,19,20). The molecule has 1 aliphatic heterocycles. The van der Waals surface area contributed by atoms with E-state index in [-0.39, 0.29) is 5.91 Å². The number of H-pyrrole nitrogens is 1. The zero-order valence-corrected chi connectivity index (χ0v) is 12.0. The van der Waals surface area contributed by atoms with Crippen molar-refractivity contribution in [3.8, 4) is 0 Å². The molecule has 1 aliphatic rings. The molecular formula is C14H21N3O3. The van der Waals surface area contributed by atoms with Crippen molar-refractivity contribution < 1.29 is 14.7 Å². The highest BCUT2D eigenvalue weighted by Crippen LogP contribution is 2.35. The van der Waals surface area contributed by atoms with E-state index in [0.29, 0.717) is 31.5 Å². The monoisotopic (exact) mass is 279 g/mol. The molecule has 1 aromatic heterocycles. The van der Waals surface area contributed by atoms with Gasteiger partial charge in [-0.3, -0.25) is 14.7 Å². The Bertz CT molecular complexity index is 508. The van der Waals surface area contributed by atoms with Crippen molar-refractivity contribution in [3.05, 3.63) is 17.5 Å². The number of carbonyl (C=O) groups is 2. The highest BCUT2D eigenvalue weighted by molar-refractivity contribution is 5.95. The first-order valence-electron chi connectivity index (χ1n) is 7.03. The summed E-state index contributed by atoms with van der Waals surface area (Å²) in [4.78, 5) is 25.8. The number of amides is 1. The number of hydrogen-bond acceptors (Lipinski definition) is 3. The Labute approximate surface area is 118 Å². The number of aromatic amines is 1. The Morgan fingerprint density at radius 1 is 1.55 bits per heavy atom. The van der Waals surface area contributed by atoms with Crippen LogP contribution in [0.25, 0.3) is 0 Å². The Morgan fingerprint density at radius 2 is 2.30 bits per heavy atom. The molecule has 1 amide bonds. The summed E-state index contributed by atoms with van der Waals surface area (Å²) >= 11 is 0. The summed E-state index contributed by atoms with van der Waals surface area (Å²) in [7, 11) is 0. The van der Waals surface area contributed by atoms with Crippen molar-refractivity contribution in [1.29, 1.82) is 0 Å². The van der Waals surface area contributed by atoms with Gasteiger partial charge in [0, 0.05) is 18.8 Å². The smallest absolute Gasteiger partial charge is 0.311 e. The van der Waals surface area contributed by atoms with E-state index in [4.69, 9.17) is 0 Å². The van der Waals surface area contributed by atoms with Crippen molar-refractivity contribution in [2.24, 2.45) is 5.41 Å². The Kier molecular flexibility index (Phi) is 4.11. The van der Waals surface area contributed by atoms with Crippen LogP contribution < -0.4 is 0 Å². The Balaban J connectivity index is 2.20. The van der Waals surface area contributed by atoms with Crippen LogP contribution in [0.2, 0.25) is 0 Å². The Hall–Kier alpha value is -1.85. The van der Waals surface area contributed by atoms with Gasteiger partial charge >= 0.3 is 5.97 Å². The zero-order valence-electron chi connectivity index (χ0n) is 12.0. The average Bonchev–Trinajstić information content (AvgIpc) is 2.84. The molecule has 2 rings (SSSR count). The van der Waals surface area contributed by atoms with Crippen LogP contribution in [0.1, 0.15) is 48.7 Å². The second-order valence-electron chi connectivity index (χ2n) is 5.57. The van der Waals surface area contributed by atoms with Crippen molar-refractivity contribution in [2.45, 2.75) is 39.5 Å². The first kappa shape index (κ1) is 14.6. The van der Waals surface area contributed by atoms with Gasteiger partial charge in [0.15, 0.2) is 0 Å². The summed E-state index contributed by atoms with van der Waals surface area (Å²) in [5.41, 5.74) is 0.458. The lowest BCUT2D eigenvalue weighted by Crippen LogP contribution is -2.50. The Morgan fingerprint density at radius 3 is 2.85 bits per heavy atom.